The lowest BCUT2D eigenvalue weighted by Crippen LogP contribution is -2.71. The third-order valence-electron chi connectivity index (χ3n) is 12.8. The largest absolute Gasteiger partial charge is 0.485 e. The van der Waals surface area contributed by atoms with Crippen molar-refractivity contribution in [3.8, 4) is 23.0 Å². The number of hydrazine groups is 1. The third-order valence-corrected chi connectivity index (χ3v) is 15.2. The van der Waals surface area contributed by atoms with Crippen molar-refractivity contribution < 1.29 is 57.3 Å². The molecule has 1 unspecified atom stereocenters. The Morgan fingerprint density at radius 1 is 0.740 bits per heavy atom. The molecule has 0 saturated carbocycles. The predicted octanol–water partition coefficient (Wildman–Crippen LogP) is 6.67. The van der Waals surface area contributed by atoms with E-state index in [1.54, 1.807) is 30.0 Å². The van der Waals surface area contributed by atoms with Gasteiger partial charge in [0.1, 0.15) is 13.2 Å². The molecular formula is C54H53N5O12S2. The van der Waals surface area contributed by atoms with Crippen molar-refractivity contribution >= 4 is 71.0 Å². The smallest absolute Gasteiger partial charge is 0.359 e. The summed E-state index contributed by atoms with van der Waals surface area (Å²) in [6, 6.07) is 35.5. The predicted molar refractivity (Wildman–Crippen MR) is 271 cm³/mol. The summed E-state index contributed by atoms with van der Waals surface area (Å²) in [5, 5.41) is 1.36. The van der Waals surface area contributed by atoms with E-state index in [-0.39, 0.29) is 74.0 Å². The molecule has 3 heterocycles. The number of hydrogen-bond donors (Lipinski definition) is 1. The Labute approximate surface area is 431 Å². The number of carbonyl (C=O) groups is 7. The number of rotatable bonds is 18. The molecule has 19 heteroatoms. The maximum absolute atomic E-state index is 14.8. The summed E-state index contributed by atoms with van der Waals surface area (Å²) in [5.41, 5.74) is 4.01. The molecule has 4 amide bonds. The first-order valence-corrected chi connectivity index (χ1v) is 24.7. The maximum atomic E-state index is 14.8. The number of thioether (sulfide) groups is 1. The minimum atomic E-state index is -1.86. The Morgan fingerprint density at radius 3 is 1.92 bits per heavy atom. The number of fused-ring (bicyclic) bond motifs is 1. The number of piperazine rings is 1. The zero-order chi connectivity index (χ0) is 52.0. The molecule has 5 aromatic carbocycles. The number of thiocarbonyl (C=S) groups is 1. The van der Waals surface area contributed by atoms with E-state index in [2.05, 4.69) is 5.48 Å². The lowest BCUT2D eigenvalue weighted by Gasteiger charge is -2.52. The van der Waals surface area contributed by atoms with Crippen molar-refractivity contribution in [2.24, 2.45) is 5.92 Å². The molecule has 1 N–H and O–H groups in total. The van der Waals surface area contributed by atoms with Gasteiger partial charge in [-0.2, -0.15) is 5.48 Å². The molecule has 3 aliphatic rings. The van der Waals surface area contributed by atoms with E-state index in [9.17, 15) is 33.6 Å². The van der Waals surface area contributed by atoms with Gasteiger partial charge in [-0.05, 0) is 65.9 Å². The van der Waals surface area contributed by atoms with Crippen molar-refractivity contribution in [1.82, 2.24) is 25.3 Å². The fourth-order valence-corrected chi connectivity index (χ4v) is 11.5. The highest BCUT2D eigenvalue weighted by Gasteiger charge is 2.70. The normalized spacial score (nSPS) is 19.2. The third kappa shape index (κ3) is 10.9. The van der Waals surface area contributed by atoms with Crippen LogP contribution in [-0.4, -0.2) is 95.6 Å². The van der Waals surface area contributed by atoms with Gasteiger partial charge in [0.25, 0.3) is 5.91 Å². The number of carbonyl (C=O) groups excluding carboxylic acids is 7. The summed E-state index contributed by atoms with van der Waals surface area (Å²) in [7, 11) is 0. The van der Waals surface area contributed by atoms with Crippen LogP contribution in [0.1, 0.15) is 68.5 Å². The number of ether oxygens (including phenoxy) is 4. The zero-order valence-electron chi connectivity index (χ0n) is 40.7. The molecule has 17 nitrogen and oxygen atoms in total. The van der Waals surface area contributed by atoms with E-state index >= 15 is 0 Å². The second-order valence-electron chi connectivity index (χ2n) is 18.2. The Morgan fingerprint density at radius 2 is 1.32 bits per heavy atom. The Kier molecular flexibility index (Phi) is 15.5. The Bertz CT molecular complexity index is 2930. The second-order valence-corrected chi connectivity index (χ2v) is 20.3. The van der Waals surface area contributed by atoms with Crippen LogP contribution >= 0.6 is 24.0 Å². The first-order chi connectivity index (χ1) is 35.0. The van der Waals surface area contributed by atoms with Crippen LogP contribution in [-0.2, 0) is 64.6 Å². The van der Waals surface area contributed by atoms with E-state index in [0.29, 0.717) is 27.1 Å². The fourth-order valence-electron chi connectivity index (χ4n) is 9.16. The number of hydrogen-bond acceptors (Lipinski definition) is 14. The average molecular weight is 1030 g/mol. The molecule has 4 atom stereocenters. The van der Waals surface area contributed by atoms with E-state index in [0.717, 1.165) is 41.6 Å². The zero-order valence-corrected chi connectivity index (χ0v) is 42.3. The van der Waals surface area contributed by atoms with Crippen molar-refractivity contribution in [1.29, 1.82) is 0 Å². The van der Waals surface area contributed by atoms with Crippen LogP contribution in [0, 0.1) is 5.92 Å². The first kappa shape index (κ1) is 51.6. The minimum absolute atomic E-state index is 0.0198. The molecule has 378 valence electrons. The molecule has 0 radical (unpaired) electrons. The number of benzene rings is 5. The van der Waals surface area contributed by atoms with E-state index in [4.69, 9.17) is 36.0 Å². The van der Waals surface area contributed by atoms with Crippen LogP contribution in [0.15, 0.2) is 127 Å². The van der Waals surface area contributed by atoms with Gasteiger partial charge in [-0.1, -0.05) is 122 Å². The average Bonchev–Trinajstić information content (AvgIpc) is 3.60. The summed E-state index contributed by atoms with van der Waals surface area (Å²) in [4.78, 5) is 105. The summed E-state index contributed by atoms with van der Waals surface area (Å²) in [6.45, 7) is 8.12. The molecule has 5 aromatic rings. The summed E-state index contributed by atoms with van der Waals surface area (Å²) in [5.74, 6) is -5.35. The van der Waals surface area contributed by atoms with Crippen LogP contribution in [0.5, 0.6) is 23.0 Å². The highest BCUT2D eigenvalue weighted by Crippen LogP contribution is 2.60. The molecule has 0 aromatic heterocycles. The van der Waals surface area contributed by atoms with Crippen molar-refractivity contribution in [2.45, 2.75) is 82.5 Å². The summed E-state index contributed by atoms with van der Waals surface area (Å²) in [6.07, 6.45) is 0.343. The second kappa shape index (κ2) is 21.9. The highest BCUT2D eigenvalue weighted by atomic mass is 32.2. The Hall–Kier alpha value is -7.77. The minimum Gasteiger partial charge on any atom is -0.485 e. The van der Waals surface area contributed by atoms with E-state index < -0.39 is 52.0 Å². The van der Waals surface area contributed by atoms with Crippen LogP contribution in [0.3, 0.4) is 0 Å². The Balaban J connectivity index is 1.06. The fraction of sp³-hybridized carbons (Fsp3) is 0.296. The molecule has 8 rings (SSSR count). The molecule has 3 saturated heterocycles. The number of nitrogens with zero attached hydrogens (tertiary/aromatic N) is 4. The van der Waals surface area contributed by atoms with Crippen LogP contribution in [0.4, 0.5) is 0 Å². The van der Waals surface area contributed by atoms with Crippen LogP contribution in [0.2, 0.25) is 0 Å². The number of amides is 4. The molecule has 3 aliphatic heterocycles. The maximum Gasteiger partial charge on any atom is 0.359 e. The van der Waals surface area contributed by atoms with E-state index in [1.807, 2.05) is 117 Å². The highest BCUT2D eigenvalue weighted by molar-refractivity contribution is 8.02. The quantitative estimate of drug-likeness (QED) is 0.0245. The van der Waals surface area contributed by atoms with Crippen LogP contribution in [0.25, 0.3) is 0 Å². The van der Waals surface area contributed by atoms with Crippen molar-refractivity contribution in [3.63, 3.8) is 0 Å². The van der Waals surface area contributed by atoms with E-state index in [1.165, 1.54) is 17.0 Å². The molecule has 3 fully saturated rings. The lowest BCUT2D eigenvalue weighted by atomic mass is 9.76. The van der Waals surface area contributed by atoms with Crippen LogP contribution < -0.4 is 24.4 Å². The van der Waals surface area contributed by atoms with Crippen molar-refractivity contribution in [3.05, 3.63) is 155 Å². The molecule has 0 spiro atoms. The van der Waals surface area contributed by atoms with Gasteiger partial charge in [0.15, 0.2) is 34.6 Å². The topological polar surface area (TPSA) is 191 Å². The monoisotopic (exact) mass is 1030 g/mol. The summed E-state index contributed by atoms with van der Waals surface area (Å²) >= 11 is 7.39. The number of hydroxylamine groups is 1. The van der Waals surface area contributed by atoms with Gasteiger partial charge in [-0.15, -0.1) is 11.8 Å². The molecule has 0 bridgehead atoms. The van der Waals surface area contributed by atoms with Gasteiger partial charge < -0.3 is 33.6 Å². The van der Waals surface area contributed by atoms with Gasteiger partial charge >= 0.3 is 29.7 Å². The standard InChI is InChI=1S/C54H53N5O12S2/c1-34-50(72)59-51(34)73-53(4,5)54(59,29-37-15-9-6-10-16-37)52(66)71-55-47(63)46(41-22-24-43(69-35(2)61)45(28-41)70-36(3)62)58(33-60)57-26-25-56(48(64)49(57)65)30-40-21-23-42(67-31-38-17-11-7-12-18-38)44(27-40)68-32-39-19-13-8-14-20-39/h6-24,27-28,33-34,46,51H,25-26,29-32H2,1-5H3,(H,55,63)/t34-,46?,51-,54+/m1/s1. The van der Waals surface area contributed by atoms with Gasteiger partial charge in [-0.3, -0.25) is 28.8 Å². The number of nitrogens with one attached hydrogen (secondary N) is 1. The van der Waals surface area contributed by atoms with Gasteiger partial charge in [0, 0.05) is 44.0 Å². The molecular weight excluding hydrogens is 975 g/mol. The molecule has 0 aliphatic carbocycles. The SMILES string of the molecule is CC(=O)Oc1ccc(C(C(=O)NOC(=O)[C@]2(Cc3ccccc3)N3C(=S)[C@@H](C)[C@H]3SC2(C)C)N(C=O)N2CCN(Cc3ccc(OCc4ccccc4)c(OCc4ccccc4)c3)C(=O)C2=O)cc1OC(C)=O. The first-order valence-electron chi connectivity index (χ1n) is 23.4. The molecule has 73 heavy (non-hydrogen) atoms. The van der Waals surface area contributed by atoms with Gasteiger partial charge in [0.05, 0.1) is 16.9 Å². The van der Waals surface area contributed by atoms with Gasteiger partial charge in [0.2, 0.25) is 6.41 Å². The summed E-state index contributed by atoms with van der Waals surface area (Å²) < 4.78 is 22.2. The number of esters is 2. The lowest BCUT2D eigenvalue weighted by molar-refractivity contribution is -0.182. The van der Waals surface area contributed by atoms with Crippen molar-refractivity contribution in [2.75, 3.05) is 13.1 Å². The van der Waals surface area contributed by atoms with Gasteiger partial charge in [-0.25, -0.2) is 14.8 Å².